The van der Waals surface area contributed by atoms with Gasteiger partial charge in [0.2, 0.25) is 0 Å². The van der Waals surface area contributed by atoms with Gasteiger partial charge in [-0.1, -0.05) is 6.07 Å². The Morgan fingerprint density at radius 2 is 2.36 bits per heavy atom. The van der Waals surface area contributed by atoms with Crippen LogP contribution in [0.1, 0.15) is 6.92 Å². The van der Waals surface area contributed by atoms with Crippen molar-refractivity contribution in [2.45, 2.75) is 6.92 Å². The molecule has 1 unspecified atom stereocenters. The quantitative estimate of drug-likeness (QED) is 0.655. The molecule has 1 aromatic rings. The number of aromatic nitrogens is 1. The van der Waals surface area contributed by atoms with E-state index in [9.17, 15) is 4.21 Å². The van der Waals surface area contributed by atoms with Gasteiger partial charge in [0.1, 0.15) is 18.2 Å². The Labute approximate surface area is 84.4 Å². The molecule has 1 aliphatic heterocycles. The lowest BCUT2D eigenvalue weighted by Crippen LogP contribution is -2.20. The molecule has 4 nitrogen and oxygen atoms in total. The molecule has 0 amide bonds. The van der Waals surface area contributed by atoms with Crippen LogP contribution in [-0.4, -0.2) is 18.9 Å². The van der Waals surface area contributed by atoms with E-state index in [-0.39, 0.29) is 0 Å². The highest BCUT2D eigenvalue weighted by Gasteiger charge is 2.23. The minimum Gasteiger partial charge on any atom is -0.376 e. The van der Waals surface area contributed by atoms with E-state index in [0.717, 1.165) is 5.71 Å². The summed E-state index contributed by atoms with van der Waals surface area (Å²) in [6, 6.07) is 5.43. The van der Waals surface area contributed by atoms with Crippen molar-refractivity contribution in [1.29, 1.82) is 0 Å². The summed E-state index contributed by atoms with van der Waals surface area (Å²) in [5.41, 5.74) is 0.841. The van der Waals surface area contributed by atoms with Crippen molar-refractivity contribution >= 4 is 22.8 Å². The van der Waals surface area contributed by atoms with Crippen LogP contribution in [0.2, 0.25) is 0 Å². The van der Waals surface area contributed by atoms with E-state index >= 15 is 0 Å². The fourth-order valence-corrected chi connectivity index (χ4v) is 1.93. The van der Waals surface area contributed by atoms with Crippen LogP contribution in [0.25, 0.3) is 0 Å². The predicted molar refractivity (Wildman–Crippen MR) is 53.2 cm³/mol. The number of rotatable bonds is 1. The largest absolute Gasteiger partial charge is 0.415 e. The summed E-state index contributed by atoms with van der Waals surface area (Å²) in [7, 11) is 0. The fourth-order valence-electron chi connectivity index (χ4n) is 1.13. The average molecular weight is 209 g/mol. The molecule has 1 atom stereocenters. The summed E-state index contributed by atoms with van der Waals surface area (Å²) in [5, 5.41) is 0. The molecule has 0 spiro atoms. The maximum Gasteiger partial charge on any atom is 0.415 e. The van der Waals surface area contributed by atoms with Crippen molar-refractivity contribution in [3.63, 3.8) is 0 Å². The summed E-state index contributed by atoms with van der Waals surface area (Å²) in [6.45, 7) is 1.85. The van der Waals surface area contributed by atoms with Crippen molar-refractivity contribution in [1.82, 2.24) is 4.98 Å². The van der Waals surface area contributed by atoms with Gasteiger partial charge in [-0.3, -0.25) is 0 Å². The molecule has 0 saturated heterocycles. The Bertz CT molecular complexity index is 426. The third kappa shape index (κ3) is 1.58. The SMILES string of the molecule is CC1=[N+](c2ccccn2)S(=O)OC=C1. The molecule has 0 aliphatic carbocycles. The summed E-state index contributed by atoms with van der Waals surface area (Å²) in [4.78, 5) is 4.10. The molecule has 1 aliphatic rings. The van der Waals surface area contributed by atoms with E-state index in [0.29, 0.717) is 5.82 Å². The van der Waals surface area contributed by atoms with E-state index in [1.807, 2.05) is 19.1 Å². The first-order valence-corrected chi connectivity index (χ1v) is 5.12. The Kier molecular flexibility index (Phi) is 2.41. The Balaban J connectivity index is 2.52. The third-order valence-electron chi connectivity index (χ3n) is 1.77. The molecule has 1 aromatic heterocycles. The summed E-state index contributed by atoms with van der Waals surface area (Å²) in [5.74, 6) is 0.618. The molecule has 0 saturated carbocycles. The molecule has 2 heterocycles. The maximum absolute atomic E-state index is 11.5. The Morgan fingerprint density at radius 3 is 3.00 bits per heavy atom. The van der Waals surface area contributed by atoms with Crippen LogP contribution in [0.3, 0.4) is 0 Å². The minimum absolute atomic E-state index is 0.618. The highest BCUT2D eigenvalue weighted by molar-refractivity contribution is 7.74. The lowest BCUT2D eigenvalue weighted by atomic mass is 10.4. The molecule has 0 bridgehead atoms. The number of hydrogen-bond acceptors (Lipinski definition) is 3. The molecular weight excluding hydrogens is 200 g/mol. The van der Waals surface area contributed by atoms with E-state index < -0.39 is 11.3 Å². The van der Waals surface area contributed by atoms with Gasteiger partial charge < -0.3 is 4.18 Å². The molecule has 72 valence electrons. The summed E-state index contributed by atoms with van der Waals surface area (Å²) < 4.78 is 17.9. The molecular formula is C9H9N2O2S+. The second-order valence-electron chi connectivity index (χ2n) is 2.74. The van der Waals surface area contributed by atoms with Gasteiger partial charge in [0.25, 0.3) is 0 Å². The first-order chi connectivity index (χ1) is 6.79. The maximum atomic E-state index is 11.5. The monoisotopic (exact) mass is 209 g/mol. The topological polar surface area (TPSA) is 42.2 Å². The summed E-state index contributed by atoms with van der Waals surface area (Å²) >= 11 is -1.51. The smallest absolute Gasteiger partial charge is 0.376 e. The van der Waals surface area contributed by atoms with Gasteiger partial charge in [0.15, 0.2) is 0 Å². The molecule has 5 heteroatoms. The lowest BCUT2D eigenvalue weighted by molar-refractivity contribution is -0.269. The van der Waals surface area contributed by atoms with Crippen LogP contribution in [0, 0.1) is 0 Å². The lowest BCUT2D eigenvalue weighted by Gasteiger charge is -2.06. The number of allylic oxidation sites excluding steroid dienone is 1. The van der Waals surface area contributed by atoms with Crippen molar-refractivity contribution in [2.75, 3.05) is 0 Å². The van der Waals surface area contributed by atoms with Crippen molar-refractivity contribution in [3.8, 4) is 0 Å². The number of nitrogens with zero attached hydrogens (tertiary/aromatic N) is 2. The molecule has 14 heavy (non-hydrogen) atoms. The zero-order chi connectivity index (χ0) is 9.97. The Hall–Kier alpha value is -1.49. The van der Waals surface area contributed by atoms with Crippen LogP contribution in [0.15, 0.2) is 36.7 Å². The van der Waals surface area contributed by atoms with Crippen LogP contribution >= 0.6 is 0 Å². The number of hydrogen-bond donors (Lipinski definition) is 0. The van der Waals surface area contributed by atoms with Crippen molar-refractivity contribution in [2.24, 2.45) is 0 Å². The average Bonchev–Trinajstić information content (AvgIpc) is 2.19. The van der Waals surface area contributed by atoms with Crippen molar-refractivity contribution < 1.29 is 12.4 Å². The third-order valence-corrected chi connectivity index (χ3v) is 2.82. The van der Waals surface area contributed by atoms with Gasteiger partial charge >= 0.3 is 17.1 Å². The highest BCUT2D eigenvalue weighted by atomic mass is 32.2. The van der Waals surface area contributed by atoms with Crippen LogP contribution < -0.4 is 0 Å². The first kappa shape index (κ1) is 9.08. The minimum atomic E-state index is -1.51. The predicted octanol–water partition coefficient (Wildman–Crippen LogP) is 1.31. The highest BCUT2D eigenvalue weighted by Crippen LogP contribution is 2.13. The number of pyridine rings is 1. The normalized spacial score (nSPS) is 20.8. The Morgan fingerprint density at radius 1 is 1.50 bits per heavy atom. The molecule has 0 N–H and O–H groups in total. The van der Waals surface area contributed by atoms with Gasteiger partial charge in [-0.2, -0.15) is 4.21 Å². The second kappa shape index (κ2) is 3.71. The van der Waals surface area contributed by atoms with Gasteiger partial charge in [0.05, 0.1) is 0 Å². The van der Waals surface area contributed by atoms with E-state index in [1.165, 1.54) is 10.2 Å². The van der Waals surface area contributed by atoms with Crippen LogP contribution in [-0.2, 0) is 15.4 Å². The second-order valence-corrected chi connectivity index (χ2v) is 3.73. The zero-order valence-corrected chi connectivity index (χ0v) is 8.40. The van der Waals surface area contributed by atoms with Gasteiger partial charge in [0, 0.05) is 12.1 Å². The van der Waals surface area contributed by atoms with Crippen LogP contribution in [0.4, 0.5) is 5.82 Å². The van der Waals surface area contributed by atoms with Crippen molar-refractivity contribution in [3.05, 3.63) is 36.7 Å². The van der Waals surface area contributed by atoms with E-state index in [4.69, 9.17) is 4.18 Å². The van der Waals surface area contributed by atoms with Gasteiger partial charge in [-0.25, -0.2) is 0 Å². The fraction of sp³-hybridized carbons (Fsp3) is 0.111. The molecule has 2 rings (SSSR count). The van der Waals surface area contributed by atoms with Gasteiger partial charge in [-0.05, 0) is 18.0 Å². The standard InChI is InChI=1S/C9H9N2O2S/c1-8-5-7-13-14(12)11(8)9-4-2-3-6-10-9/h2-7H,1H3/q+1. The summed E-state index contributed by atoms with van der Waals surface area (Å²) in [6.07, 6.45) is 4.82. The zero-order valence-electron chi connectivity index (χ0n) is 7.58. The van der Waals surface area contributed by atoms with Crippen LogP contribution in [0.5, 0.6) is 0 Å². The molecule has 0 radical (unpaired) electrons. The molecule has 0 fully saturated rings. The first-order valence-electron chi connectivity index (χ1n) is 4.09. The van der Waals surface area contributed by atoms with E-state index in [1.54, 1.807) is 18.3 Å². The van der Waals surface area contributed by atoms with E-state index in [2.05, 4.69) is 4.98 Å². The molecule has 0 aromatic carbocycles. The van der Waals surface area contributed by atoms with Gasteiger partial charge in [-0.15, -0.1) is 3.98 Å².